The lowest BCUT2D eigenvalue weighted by Crippen LogP contribution is -2.15. The molecule has 0 bridgehead atoms. The standard InChI is InChI=1S/C14H14N2O4S/c15-21(19,20)13-4-2-1-3-12(13)16-9-10-5-7-11(8-6-10)14(17)18/h1-8,16H,9H2,(H,17,18)(H2,15,19,20). The van der Waals surface area contributed by atoms with Crippen molar-refractivity contribution in [3.05, 3.63) is 59.7 Å². The van der Waals surface area contributed by atoms with E-state index in [-0.39, 0.29) is 10.5 Å². The van der Waals surface area contributed by atoms with E-state index < -0.39 is 16.0 Å². The van der Waals surface area contributed by atoms with E-state index in [1.54, 1.807) is 30.3 Å². The molecule has 2 aromatic carbocycles. The van der Waals surface area contributed by atoms with Crippen LogP contribution in [0.3, 0.4) is 0 Å². The molecule has 0 saturated carbocycles. The van der Waals surface area contributed by atoms with Crippen molar-refractivity contribution in [3.8, 4) is 0 Å². The molecular formula is C14H14N2O4S. The summed E-state index contributed by atoms with van der Waals surface area (Å²) >= 11 is 0. The number of aromatic carboxylic acids is 1. The van der Waals surface area contributed by atoms with Crippen LogP contribution < -0.4 is 10.5 Å². The summed E-state index contributed by atoms with van der Waals surface area (Å²) < 4.78 is 22.9. The molecule has 0 atom stereocenters. The van der Waals surface area contributed by atoms with E-state index in [2.05, 4.69) is 5.32 Å². The number of hydrogen-bond donors (Lipinski definition) is 3. The van der Waals surface area contributed by atoms with Gasteiger partial charge in [0.05, 0.1) is 11.3 Å². The summed E-state index contributed by atoms with van der Waals surface area (Å²) in [5, 5.41) is 16.9. The normalized spacial score (nSPS) is 11.1. The molecule has 110 valence electrons. The maximum absolute atomic E-state index is 11.5. The highest BCUT2D eigenvalue weighted by atomic mass is 32.2. The lowest BCUT2D eigenvalue weighted by molar-refractivity contribution is 0.0697. The van der Waals surface area contributed by atoms with Gasteiger partial charge >= 0.3 is 5.97 Å². The van der Waals surface area contributed by atoms with Gasteiger partial charge in [-0.25, -0.2) is 18.4 Å². The minimum Gasteiger partial charge on any atom is -0.478 e. The molecule has 7 heteroatoms. The Balaban J connectivity index is 2.15. The fourth-order valence-corrected chi connectivity index (χ4v) is 2.54. The summed E-state index contributed by atoms with van der Waals surface area (Å²) in [7, 11) is -3.80. The van der Waals surface area contributed by atoms with Gasteiger partial charge in [0, 0.05) is 6.54 Å². The Bertz CT molecular complexity index is 755. The third-order valence-corrected chi connectivity index (χ3v) is 3.85. The highest BCUT2D eigenvalue weighted by Gasteiger charge is 2.12. The van der Waals surface area contributed by atoms with Gasteiger partial charge in [-0.15, -0.1) is 0 Å². The maximum Gasteiger partial charge on any atom is 0.335 e. The number of carboxylic acid groups (broad SMARTS) is 1. The molecule has 0 saturated heterocycles. The molecule has 0 amide bonds. The average Bonchev–Trinajstić information content (AvgIpc) is 2.45. The Morgan fingerprint density at radius 1 is 1.10 bits per heavy atom. The fraction of sp³-hybridized carbons (Fsp3) is 0.0714. The topological polar surface area (TPSA) is 109 Å². The zero-order valence-corrected chi connectivity index (χ0v) is 11.8. The quantitative estimate of drug-likeness (QED) is 0.778. The smallest absolute Gasteiger partial charge is 0.335 e. The molecule has 2 rings (SSSR count). The second-order valence-corrected chi connectivity index (χ2v) is 5.93. The Kier molecular flexibility index (Phi) is 4.25. The zero-order chi connectivity index (χ0) is 15.5. The predicted molar refractivity (Wildman–Crippen MR) is 78.5 cm³/mol. The number of para-hydroxylation sites is 1. The van der Waals surface area contributed by atoms with E-state index in [1.165, 1.54) is 18.2 Å². The number of hydrogen-bond acceptors (Lipinski definition) is 4. The van der Waals surface area contributed by atoms with Crippen LogP contribution in [0.5, 0.6) is 0 Å². The minimum atomic E-state index is -3.80. The number of nitrogens with one attached hydrogen (secondary N) is 1. The molecular weight excluding hydrogens is 292 g/mol. The molecule has 2 aromatic rings. The van der Waals surface area contributed by atoms with Gasteiger partial charge in [0.2, 0.25) is 10.0 Å². The van der Waals surface area contributed by atoms with E-state index in [4.69, 9.17) is 10.2 Å². The largest absolute Gasteiger partial charge is 0.478 e. The number of benzene rings is 2. The highest BCUT2D eigenvalue weighted by molar-refractivity contribution is 7.89. The van der Waals surface area contributed by atoms with Gasteiger partial charge in [-0.05, 0) is 29.8 Å². The number of anilines is 1. The summed E-state index contributed by atoms with van der Waals surface area (Å²) in [4.78, 5) is 10.8. The number of sulfonamides is 1. The summed E-state index contributed by atoms with van der Waals surface area (Å²) in [5.41, 5.74) is 1.43. The van der Waals surface area contributed by atoms with Crippen molar-refractivity contribution in [3.63, 3.8) is 0 Å². The zero-order valence-electron chi connectivity index (χ0n) is 11.0. The van der Waals surface area contributed by atoms with Gasteiger partial charge in [0.15, 0.2) is 0 Å². The molecule has 0 aliphatic heterocycles. The summed E-state index contributed by atoms with van der Waals surface area (Å²) in [6.07, 6.45) is 0. The van der Waals surface area contributed by atoms with Crippen LogP contribution in [-0.4, -0.2) is 19.5 Å². The van der Waals surface area contributed by atoms with Gasteiger partial charge in [-0.1, -0.05) is 24.3 Å². The van der Waals surface area contributed by atoms with Crippen molar-refractivity contribution in [1.82, 2.24) is 0 Å². The number of carbonyl (C=O) groups is 1. The number of rotatable bonds is 5. The molecule has 0 spiro atoms. The molecule has 0 unspecified atom stereocenters. The Morgan fingerprint density at radius 3 is 2.29 bits per heavy atom. The van der Waals surface area contributed by atoms with Gasteiger partial charge in [-0.2, -0.15) is 0 Å². The Morgan fingerprint density at radius 2 is 1.71 bits per heavy atom. The van der Waals surface area contributed by atoms with Crippen molar-refractivity contribution in [1.29, 1.82) is 0 Å². The number of carboxylic acids is 1. The van der Waals surface area contributed by atoms with Crippen LogP contribution in [-0.2, 0) is 16.6 Å². The van der Waals surface area contributed by atoms with Crippen molar-refractivity contribution in [2.45, 2.75) is 11.4 Å². The SMILES string of the molecule is NS(=O)(=O)c1ccccc1NCc1ccc(C(=O)O)cc1. The van der Waals surface area contributed by atoms with Gasteiger partial charge in [0.1, 0.15) is 4.90 Å². The molecule has 0 radical (unpaired) electrons. The molecule has 0 fully saturated rings. The summed E-state index contributed by atoms with van der Waals surface area (Å²) in [6, 6.07) is 12.6. The second kappa shape index (κ2) is 5.94. The first kappa shape index (κ1) is 15.0. The van der Waals surface area contributed by atoms with Gasteiger partial charge < -0.3 is 10.4 Å². The second-order valence-electron chi connectivity index (χ2n) is 4.40. The molecule has 21 heavy (non-hydrogen) atoms. The van der Waals surface area contributed by atoms with Crippen LogP contribution in [0.25, 0.3) is 0 Å². The van der Waals surface area contributed by atoms with E-state index in [0.717, 1.165) is 5.56 Å². The van der Waals surface area contributed by atoms with Crippen LogP contribution in [0.1, 0.15) is 15.9 Å². The summed E-state index contributed by atoms with van der Waals surface area (Å²) in [5.74, 6) is -0.992. The first-order chi connectivity index (χ1) is 9.88. The maximum atomic E-state index is 11.5. The van der Waals surface area contributed by atoms with Crippen LogP contribution in [0.2, 0.25) is 0 Å². The van der Waals surface area contributed by atoms with Crippen LogP contribution in [0, 0.1) is 0 Å². The molecule has 0 aliphatic carbocycles. The van der Waals surface area contributed by atoms with Crippen LogP contribution in [0.15, 0.2) is 53.4 Å². The van der Waals surface area contributed by atoms with E-state index in [1.807, 2.05) is 0 Å². The Hall–Kier alpha value is -2.38. The van der Waals surface area contributed by atoms with E-state index in [9.17, 15) is 13.2 Å². The lowest BCUT2D eigenvalue weighted by atomic mass is 10.1. The van der Waals surface area contributed by atoms with E-state index in [0.29, 0.717) is 12.2 Å². The number of primary sulfonamides is 1. The molecule has 0 aliphatic rings. The summed E-state index contributed by atoms with van der Waals surface area (Å²) in [6.45, 7) is 0.354. The van der Waals surface area contributed by atoms with Crippen LogP contribution in [0.4, 0.5) is 5.69 Å². The fourth-order valence-electron chi connectivity index (χ4n) is 1.82. The number of nitrogens with two attached hydrogens (primary N) is 1. The predicted octanol–water partition coefficient (Wildman–Crippen LogP) is 1.64. The minimum absolute atomic E-state index is 0.0205. The Labute approximate surface area is 122 Å². The molecule has 6 nitrogen and oxygen atoms in total. The van der Waals surface area contributed by atoms with Crippen molar-refractivity contribution < 1.29 is 18.3 Å². The molecule has 0 aromatic heterocycles. The molecule has 0 heterocycles. The van der Waals surface area contributed by atoms with Crippen molar-refractivity contribution in [2.75, 3.05) is 5.32 Å². The van der Waals surface area contributed by atoms with Crippen molar-refractivity contribution >= 4 is 21.7 Å². The van der Waals surface area contributed by atoms with Gasteiger partial charge in [0.25, 0.3) is 0 Å². The lowest BCUT2D eigenvalue weighted by Gasteiger charge is -2.10. The molecule has 4 N–H and O–H groups in total. The van der Waals surface area contributed by atoms with Crippen molar-refractivity contribution in [2.24, 2.45) is 5.14 Å². The first-order valence-corrected chi connectivity index (χ1v) is 7.60. The highest BCUT2D eigenvalue weighted by Crippen LogP contribution is 2.20. The van der Waals surface area contributed by atoms with Gasteiger partial charge in [-0.3, -0.25) is 0 Å². The van der Waals surface area contributed by atoms with Crippen LogP contribution >= 0.6 is 0 Å². The monoisotopic (exact) mass is 306 g/mol. The first-order valence-electron chi connectivity index (χ1n) is 6.06. The third kappa shape index (κ3) is 3.80. The van der Waals surface area contributed by atoms with E-state index >= 15 is 0 Å². The third-order valence-electron chi connectivity index (χ3n) is 2.88. The average molecular weight is 306 g/mol.